The summed E-state index contributed by atoms with van der Waals surface area (Å²) in [6.45, 7) is 3.54. The zero-order valence-electron chi connectivity index (χ0n) is 28.3. The Balaban J connectivity index is 4.33. The minimum Gasteiger partial charge on any atom is -0.462 e. The van der Waals surface area contributed by atoms with Crippen molar-refractivity contribution in [3.63, 3.8) is 0 Å². The maximum absolute atomic E-state index is 12.5. The quantitative estimate of drug-likeness (QED) is 0.0314. The van der Waals surface area contributed by atoms with Gasteiger partial charge in [0.25, 0.3) is 0 Å². The fourth-order valence-corrected chi connectivity index (χ4v) is 5.24. The standard InChI is InChI=1S/C35H64NO8P/c1-3-5-7-9-11-13-15-16-18-20-22-24-26-28-35(38)44-33(32-43-45(39,40)42-30-29-36)31-41-34(37)27-25-23-21-19-17-14-12-10-8-6-4-2/h5,7,11,13,16,18,33H,3-4,6,8-10,12,14-15,17,19-32,36H2,1-2H3,(H,39,40)/b7-5-,13-11-,18-16-. The Morgan fingerprint density at radius 3 is 1.82 bits per heavy atom. The summed E-state index contributed by atoms with van der Waals surface area (Å²) >= 11 is 0. The number of hydrogen-bond acceptors (Lipinski definition) is 8. The Labute approximate surface area is 274 Å². The van der Waals surface area contributed by atoms with Crippen molar-refractivity contribution in [1.82, 2.24) is 0 Å². The average Bonchev–Trinajstić information content (AvgIpc) is 3.02. The largest absolute Gasteiger partial charge is 0.472 e. The number of unbranched alkanes of at least 4 members (excludes halogenated alkanes) is 13. The van der Waals surface area contributed by atoms with Crippen LogP contribution in [-0.2, 0) is 32.7 Å². The van der Waals surface area contributed by atoms with Crippen molar-refractivity contribution in [3.8, 4) is 0 Å². The van der Waals surface area contributed by atoms with Crippen molar-refractivity contribution in [3.05, 3.63) is 36.5 Å². The maximum Gasteiger partial charge on any atom is 0.472 e. The minimum atomic E-state index is -4.37. The third-order valence-corrected chi connectivity index (χ3v) is 8.02. The second-order valence-corrected chi connectivity index (χ2v) is 12.8. The molecule has 2 atom stereocenters. The molecule has 45 heavy (non-hydrogen) atoms. The fourth-order valence-electron chi connectivity index (χ4n) is 4.47. The van der Waals surface area contributed by atoms with Gasteiger partial charge in [0.15, 0.2) is 6.10 Å². The van der Waals surface area contributed by atoms with Crippen LogP contribution >= 0.6 is 7.82 Å². The maximum atomic E-state index is 12.5. The Morgan fingerprint density at radius 1 is 0.689 bits per heavy atom. The number of nitrogens with two attached hydrogens (primary N) is 1. The van der Waals surface area contributed by atoms with Gasteiger partial charge in [-0.05, 0) is 44.9 Å². The predicted octanol–water partition coefficient (Wildman–Crippen LogP) is 9.04. The summed E-state index contributed by atoms with van der Waals surface area (Å²) in [5.41, 5.74) is 5.31. The van der Waals surface area contributed by atoms with Crippen LogP contribution in [0.1, 0.15) is 142 Å². The summed E-state index contributed by atoms with van der Waals surface area (Å²) in [6.07, 6.45) is 31.8. The smallest absolute Gasteiger partial charge is 0.462 e. The summed E-state index contributed by atoms with van der Waals surface area (Å²) < 4.78 is 32.5. The van der Waals surface area contributed by atoms with Gasteiger partial charge in [0.05, 0.1) is 13.2 Å². The molecule has 0 amide bonds. The molecule has 0 aliphatic carbocycles. The van der Waals surface area contributed by atoms with Crippen molar-refractivity contribution in [1.29, 1.82) is 0 Å². The summed E-state index contributed by atoms with van der Waals surface area (Å²) in [4.78, 5) is 34.5. The van der Waals surface area contributed by atoms with Crippen LogP contribution in [0.3, 0.4) is 0 Å². The lowest BCUT2D eigenvalue weighted by molar-refractivity contribution is -0.161. The summed E-state index contributed by atoms with van der Waals surface area (Å²) in [6, 6.07) is 0. The van der Waals surface area contributed by atoms with Crippen LogP contribution in [0.4, 0.5) is 0 Å². The van der Waals surface area contributed by atoms with Gasteiger partial charge >= 0.3 is 19.8 Å². The lowest BCUT2D eigenvalue weighted by atomic mass is 10.1. The van der Waals surface area contributed by atoms with E-state index < -0.39 is 32.5 Å². The van der Waals surface area contributed by atoms with Crippen molar-refractivity contribution in [2.45, 2.75) is 148 Å². The molecule has 10 heteroatoms. The first-order valence-electron chi connectivity index (χ1n) is 17.5. The molecule has 0 aliphatic heterocycles. The number of rotatable bonds is 32. The van der Waals surface area contributed by atoms with Crippen LogP contribution in [0.25, 0.3) is 0 Å². The number of carbonyl (C=O) groups is 2. The first kappa shape index (κ1) is 43.2. The number of hydrogen-bond donors (Lipinski definition) is 2. The molecule has 0 saturated carbocycles. The van der Waals surface area contributed by atoms with E-state index >= 15 is 0 Å². The number of ether oxygens (including phenoxy) is 2. The minimum absolute atomic E-state index is 0.0484. The van der Waals surface area contributed by atoms with E-state index in [-0.39, 0.29) is 32.6 Å². The van der Waals surface area contributed by atoms with Gasteiger partial charge in [0.2, 0.25) is 0 Å². The first-order valence-corrected chi connectivity index (χ1v) is 19.0. The van der Waals surface area contributed by atoms with Crippen molar-refractivity contribution >= 4 is 19.8 Å². The molecule has 0 aromatic rings. The van der Waals surface area contributed by atoms with Gasteiger partial charge in [0.1, 0.15) is 6.61 Å². The summed E-state index contributed by atoms with van der Waals surface area (Å²) in [5, 5.41) is 0. The van der Waals surface area contributed by atoms with E-state index in [0.717, 1.165) is 57.8 Å². The normalized spacial score (nSPS) is 14.0. The lowest BCUT2D eigenvalue weighted by Gasteiger charge is -2.19. The highest BCUT2D eigenvalue weighted by Crippen LogP contribution is 2.43. The Hall–Kier alpha value is -1.77. The highest BCUT2D eigenvalue weighted by molar-refractivity contribution is 7.47. The molecule has 0 fully saturated rings. The van der Waals surface area contributed by atoms with E-state index in [1.807, 2.05) is 0 Å². The number of allylic oxidation sites excluding steroid dienone is 6. The van der Waals surface area contributed by atoms with Gasteiger partial charge in [-0.25, -0.2) is 4.57 Å². The molecule has 0 radical (unpaired) electrons. The van der Waals surface area contributed by atoms with Crippen LogP contribution in [0.2, 0.25) is 0 Å². The number of phosphoric acid groups is 1. The Kier molecular flexibility index (Phi) is 30.9. The van der Waals surface area contributed by atoms with E-state index in [2.05, 4.69) is 50.3 Å². The fraction of sp³-hybridized carbons (Fsp3) is 0.771. The van der Waals surface area contributed by atoms with Gasteiger partial charge in [0, 0.05) is 19.4 Å². The predicted molar refractivity (Wildman–Crippen MR) is 183 cm³/mol. The van der Waals surface area contributed by atoms with Crippen molar-refractivity contribution in [2.24, 2.45) is 5.73 Å². The molecular weight excluding hydrogens is 593 g/mol. The van der Waals surface area contributed by atoms with E-state index in [1.165, 1.54) is 51.4 Å². The summed E-state index contributed by atoms with van der Waals surface area (Å²) in [7, 11) is -4.37. The molecule has 2 unspecified atom stereocenters. The zero-order valence-corrected chi connectivity index (χ0v) is 29.2. The number of phosphoric ester groups is 1. The van der Waals surface area contributed by atoms with Gasteiger partial charge in [-0.1, -0.05) is 121 Å². The molecule has 9 nitrogen and oxygen atoms in total. The first-order chi connectivity index (χ1) is 21.8. The zero-order chi connectivity index (χ0) is 33.3. The number of carbonyl (C=O) groups excluding carboxylic acids is 2. The molecule has 0 saturated heterocycles. The molecule has 0 aromatic carbocycles. The molecular formula is C35H64NO8P. The highest BCUT2D eigenvalue weighted by atomic mass is 31.2. The highest BCUT2D eigenvalue weighted by Gasteiger charge is 2.25. The van der Waals surface area contributed by atoms with Crippen LogP contribution < -0.4 is 5.73 Å². The second kappa shape index (κ2) is 32.2. The Bertz CT molecular complexity index is 846. The third-order valence-electron chi connectivity index (χ3n) is 7.04. The molecule has 3 N–H and O–H groups in total. The second-order valence-electron chi connectivity index (χ2n) is 11.4. The molecule has 0 rings (SSSR count). The Morgan fingerprint density at radius 2 is 1.22 bits per heavy atom. The van der Waals surface area contributed by atoms with Gasteiger partial charge in [-0.15, -0.1) is 0 Å². The van der Waals surface area contributed by atoms with E-state index in [0.29, 0.717) is 6.42 Å². The SMILES string of the molecule is CC/C=C\C/C=C\C/C=C\CCCCCC(=O)OC(COC(=O)CCCCCCCCCCCCC)COP(=O)(O)OCCN. The molecule has 262 valence electrons. The van der Waals surface area contributed by atoms with Gasteiger partial charge in [-0.2, -0.15) is 0 Å². The van der Waals surface area contributed by atoms with Crippen LogP contribution in [0.5, 0.6) is 0 Å². The van der Waals surface area contributed by atoms with E-state index in [1.54, 1.807) is 0 Å². The van der Waals surface area contributed by atoms with Gasteiger partial charge < -0.3 is 20.1 Å². The molecule has 0 aromatic heterocycles. The summed E-state index contributed by atoms with van der Waals surface area (Å²) in [5.74, 6) is -0.867. The topological polar surface area (TPSA) is 134 Å². The van der Waals surface area contributed by atoms with E-state index in [9.17, 15) is 19.0 Å². The van der Waals surface area contributed by atoms with Crippen molar-refractivity contribution in [2.75, 3.05) is 26.4 Å². The lowest BCUT2D eigenvalue weighted by Crippen LogP contribution is -2.29. The van der Waals surface area contributed by atoms with Crippen molar-refractivity contribution < 1.29 is 37.6 Å². The molecule has 0 aliphatic rings. The van der Waals surface area contributed by atoms with Crippen LogP contribution in [-0.4, -0.2) is 49.3 Å². The molecule has 0 heterocycles. The number of esters is 2. The van der Waals surface area contributed by atoms with Gasteiger partial charge in [-0.3, -0.25) is 18.6 Å². The monoisotopic (exact) mass is 657 g/mol. The average molecular weight is 658 g/mol. The molecule has 0 bridgehead atoms. The van der Waals surface area contributed by atoms with E-state index in [4.69, 9.17) is 24.3 Å². The van der Waals surface area contributed by atoms with Crippen LogP contribution in [0, 0.1) is 0 Å². The third kappa shape index (κ3) is 32.0. The van der Waals surface area contributed by atoms with Crippen LogP contribution in [0.15, 0.2) is 36.5 Å². The molecule has 0 spiro atoms.